The Hall–Kier alpha value is -3.49. The van der Waals surface area contributed by atoms with Gasteiger partial charge in [0.05, 0.1) is 12.0 Å². The van der Waals surface area contributed by atoms with Crippen molar-refractivity contribution in [1.82, 2.24) is 15.6 Å². The molecule has 1 aromatic heterocycles. The fourth-order valence-corrected chi connectivity index (χ4v) is 4.54. The summed E-state index contributed by atoms with van der Waals surface area (Å²) in [5.41, 5.74) is 6.79. The molecule has 1 N–H and O–H groups in total. The number of benzene rings is 3. The summed E-state index contributed by atoms with van der Waals surface area (Å²) < 4.78 is 6.59. The van der Waals surface area contributed by atoms with Gasteiger partial charge in [-0.25, -0.2) is 5.43 Å². The molecule has 0 atom stereocenters. The Kier molecular flexibility index (Phi) is 7.84. The van der Waals surface area contributed by atoms with Gasteiger partial charge in [0.15, 0.2) is 4.34 Å². The second-order valence-corrected chi connectivity index (χ2v) is 9.31. The van der Waals surface area contributed by atoms with E-state index in [-0.39, 0.29) is 11.7 Å². The number of aromatic nitrogens is 2. The number of aryl methyl sites for hydroxylation is 1. The van der Waals surface area contributed by atoms with Crippen LogP contribution in [0.15, 0.2) is 88.3 Å². The van der Waals surface area contributed by atoms with Crippen LogP contribution in [-0.4, -0.2) is 28.1 Å². The first kappa shape index (κ1) is 22.7. The largest absolute Gasteiger partial charge is 0.489 e. The van der Waals surface area contributed by atoms with Crippen molar-refractivity contribution in [3.63, 3.8) is 0 Å². The van der Waals surface area contributed by atoms with E-state index < -0.39 is 0 Å². The lowest BCUT2D eigenvalue weighted by atomic mass is 10.1. The Morgan fingerprint density at radius 2 is 1.79 bits per heavy atom. The van der Waals surface area contributed by atoms with Gasteiger partial charge >= 0.3 is 0 Å². The van der Waals surface area contributed by atoms with E-state index in [0.29, 0.717) is 6.61 Å². The minimum absolute atomic E-state index is 0.203. The maximum Gasteiger partial charge on any atom is 0.250 e. The molecule has 1 heterocycles. The van der Waals surface area contributed by atoms with Crippen LogP contribution in [-0.2, 0) is 11.4 Å². The number of hydrogen-bond donors (Lipinski definition) is 1. The second-order valence-electron chi connectivity index (χ2n) is 7.11. The molecule has 0 radical (unpaired) electrons. The monoisotopic (exact) mass is 474 g/mol. The molecule has 0 aliphatic rings. The van der Waals surface area contributed by atoms with E-state index >= 15 is 0 Å². The summed E-state index contributed by atoms with van der Waals surface area (Å²) in [5.74, 6) is 0.792. The fraction of sp³-hybridized carbons (Fsp3) is 0.120. The quantitative estimate of drug-likeness (QED) is 0.201. The van der Waals surface area contributed by atoms with Crippen molar-refractivity contribution in [1.29, 1.82) is 0 Å². The van der Waals surface area contributed by atoms with Gasteiger partial charge in [-0.2, -0.15) is 5.10 Å². The van der Waals surface area contributed by atoms with Gasteiger partial charge < -0.3 is 4.74 Å². The van der Waals surface area contributed by atoms with E-state index in [4.69, 9.17) is 4.74 Å². The highest BCUT2D eigenvalue weighted by Gasteiger charge is 2.09. The lowest BCUT2D eigenvalue weighted by Crippen LogP contribution is -2.19. The predicted molar refractivity (Wildman–Crippen MR) is 134 cm³/mol. The molecular formula is C25H22N4O2S2. The standard InChI is InChI=1S/C25H22N4O2S2/c1-18-7-5-6-10-21(18)16-31-22-13-11-19(12-14-22)15-26-27-23(30)17-32-25-29-28-24(33-25)20-8-3-2-4-9-20/h2-15H,16-17H2,1H3,(H,27,30). The normalized spacial score (nSPS) is 10.9. The average molecular weight is 475 g/mol. The van der Waals surface area contributed by atoms with E-state index in [1.54, 1.807) is 6.21 Å². The summed E-state index contributed by atoms with van der Waals surface area (Å²) in [4.78, 5) is 12.1. The van der Waals surface area contributed by atoms with E-state index in [0.717, 1.165) is 31.8 Å². The Morgan fingerprint density at radius 3 is 2.58 bits per heavy atom. The van der Waals surface area contributed by atoms with Crippen LogP contribution in [0.25, 0.3) is 10.6 Å². The first-order valence-corrected chi connectivity index (χ1v) is 12.1. The molecule has 0 saturated heterocycles. The number of hydrogen-bond acceptors (Lipinski definition) is 7. The van der Waals surface area contributed by atoms with E-state index in [1.165, 1.54) is 28.7 Å². The minimum atomic E-state index is -0.203. The first-order valence-electron chi connectivity index (χ1n) is 10.3. The highest BCUT2D eigenvalue weighted by molar-refractivity contribution is 8.01. The Bertz CT molecular complexity index is 1220. The number of carbonyl (C=O) groups is 1. The zero-order valence-corrected chi connectivity index (χ0v) is 19.6. The van der Waals surface area contributed by atoms with Gasteiger partial charge in [0.25, 0.3) is 5.91 Å². The van der Waals surface area contributed by atoms with Crippen molar-refractivity contribution in [2.75, 3.05) is 5.75 Å². The van der Waals surface area contributed by atoms with Crippen LogP contribution >= 0.6 is 23.1 Å². The molecule has 0 unspecified atom stereocenters. The third kappa shape index (κ3) is 6.74. The summed E-state index contributed by atoms with van der Waals surface area (Å²) in [6.07, 6.45) is 1.60. The number of nitrogens with zero attached hydrogens (tertiary/aromatic N) is 3. The highest BCUT2D eigenvalue weighted by Crippen LogP contribution is 2.28. The van der Waals surface area contributed by atoms with E-state index in [2.05, 4.69) is 39.8 Å². The second kappa shape index (κ2) is 11.4. The molecule has 0 aliphatic heterocycles. The molecule has 0 bridgehead atoms. The van der Waals surface area contributed by atoms with Crippen LogP contribution in [0, 0.1) is 6.92 Å². The Balaban J connectivity index is 1.21. The maximum absolute atomic E-state index is 12.1. The van der Waals surface area contributed by atoms with Crippen molar-refractivity contribution in [2.45, 2.75) is 17.9 Å². The van der Waals surface area contributed by atoms with Crippen molar-refractivity contribution >= 4 is 35.2 Å². The van der Waals surface area contributed by atoms with Gasteiger partial charge in [-0.05, 0) is 47.9 Å². The number of nitrogens with one attached hydrogen (secondary N) is 1. The number of ether oxygens (including phenoxy) is 1. The molecule has 0 fully saturated rings. The molecule has 8 heteroatoms. The number of carbonyl (C=O) groups excluding carboxylic acids is 1. The zero-order valence-electron chi connectivity index (χ0n) is 18.0. The lowest BCUT2D eigenvalue weighted by Gasteiger charge is -2.08. The predicted octanol–water partition coefficient (Wildman–Crippen LogP) is 5.33. The zero-order chi connectivity index (χ0) is 22.9. The molecule has 4 rings (SSSR count). The van der Waals surface area contributed by atoms with Crippen LogP contribution in [0.5, 0.6) is 5.75 Å². The third-order valence-electron chi connectivity index (χ3n) is 4.69. The molecule has 4 aromatic rings. The van der Waals surface area contributed by atoms with Crippen LogP contribution in [0.4, 0.5) is 0 Å². The van der Waals surface area contributed by atoms with E-state index in [9.17, 15) is 4.79 Å². The summed E-state index contributed by atoms with van der Waals surface area (Å²) in [6.45, 7) is 2.59. The smallest absolute Gasteiger partial charge is 0.250 e. The van der Waals surface area contributed by atoms with Crippen LogP contribution in [0.1, 0.15) is 16.7 Å². The van der Waals surface area contributed by atoms with Gasteiger partial charge in [0, 0.05) is 5.56 Å². The number of amides is 1. The van der Waals surface area contributed by atoms with Crippen molar-refractivity contribution in [3.05, 3.63) is 95.6 Å². The van der Waals surface area contributed by atoms with Gasteiger partial charge in [0.2, 0.25) is 0 Å². The molecule has 166 valence electrons. The highest BCUT2D eigenvalue weighted by atomic mass is 32.2. The molecule has 0 saturated carbocycles. The van der Waals surface area contributed by atoms with Crippen LogP contribution in [0.2, 0.25) is 0 Å². The lowest BCUT2D eigenvalue weighted by molar-refractivity contribution is -0.118. The summed E-state index contributed by atoms with van der Waals surface area (Å²) in [5, 5.41) is 13.2. The molecular weight excluding hydrogens is 452 g/mol. The van der Waals surface area contributed by atoms with Crippen molar-refractivity contribution in [2.24, 2.45) is 5.10 Å². The SMILES string of the molecule is Cc1ccccc1COc1ccc(C=NNC(=O)CSc2nnc(-c3ccccc3)s2)cc1. The Morgan fingerprint density at radius 1 is 1.03 bits per heavy atom. The molecule has 33 heavy (non-hydrogen) atoms. The topological polar surface area (TPSA) is 76.5 Å². The first-order chi connectivity index (χ1) is 16.2. The number of thioether (sulfide) groups is 1. The minimum Gasteiger partial charge on any atom is -0.489 e. The molecule has 0 aliphatic carbocycles. The summed E-state index contributed by atoms with van der Waals surface area (Å²) >= 11 is 2.80. The number of hydrazone groups is 1. The van der Waals surface area contributed by atoms with Gasteiger partial charge in [-0.1, -0.05) is 77.7 Å². The fourth-order valence-electron chi connectivity index (χ4n) is 2.89. The molecule has 3 aromatic carbocycles. The van der Waals surface area contributed by atoms with Crippen molar-refractivity contribution in [3.8, 4) is 16.3 Å². The average Bonchev–Trinajstić information content (AvgIpc) is 3.33. The Labute approximate surface area is 200 Å². The van der Waals surface area contributed by atoms with Gasteiger partial charge in [-0.15, -0.1) is 10.2 Å². The number of rotatable bonds is 9. The van der Waals surface area contributed by atoms with Gasteiger partial charge in [0.1, 0.15) is 17.4 Å². The maximum atomic E-state index is 12.1. The third-order valence-corrected chi connectivity index (χ3v) is 6.80. The summed E-state index contributed by atoms with van der Waals surface area (Å²) in [6, 6.07) is 25.6. The van der Waals surface area contributed by atoms with Gasteiger partial charge in [-0.3, -0.25) is 4.79 Å². The molecule has 6 nitrogen and oxygen atoms in total. The summed E-state index contributed by atoms with van der Waals surface area (Å²) in [7, 11) is 0. The van der Waals surface area contributed by atoms with Crippen LogP contribution in [0.3, 0.4) is 0 Å². The molecule has 1 amide bonds. The van der Waals surface area contributed by atoms with Crippen LogP contribution < -0.4 is 10.2 Å². The molecule has 0 spiro atoms. The van der Waals surface area contributed by atoms with Crippen molar-refractivity contribution < 1.29 is 9.53 Å². The van der Waals surface area contributed by atoms with E-state index in [1.807, 2.05) is 66.7 Å².